The summed E-state index contributed by atoms with van der Waals surface area (Å²) in [6.07, 6.45) is 0. The monoisotopic (exact) mass is 258 g/mol. The van der Waals surface area contributed by atoms with Crippen LogP contribution in [0.1, 0.15) is 0 Å². The Morgan fingerprint density at radius 1 is 0.733 bits per heavy atom. The highest BCUT2D eigenvalue weighted by Gasteiger charge is 2.33. The summed E-state index contributed by atoms with van der Waals surface area (Å²) in [6.45, 7) is 21.6. The molecule has 2 nitrogen and oxygen atoms in total. The van der Waals surface area contributed by atoms with Crippen molar-refractivity contribution in [2.45, 2.75) is 39.3 Å². The van der Waals surface area contributed by atoms with Crippen molar-refractivity contribution in [3.63, 3.8) is 0 Å². The van der Waals surface area contributed by atoms with Crippen molar-refractivity contribution in [1.82, 2.24) is 9.30 Å². The lowest BCUT2D eigenvalue weighted by Gasteiger charge is -2.37. The molecule has 0 amide bonds. The second-order valence-corrected chi connectivity index (χ2v) is 18.7. The first-order valence-electron chi connectivity index (χ1n) is 5.39. The van der Waals surface area contributed by atoms with E-state index in [1.807, 2.05) is 0 Å². The third-order valence-electron chi connectivity index (χ3n) is 2.29. The molecule has 0 aliphatic heterocycles. The molecule has 88 valence electrons. The molecule has 0 atom stereocenters. The van der Waals surface area contributed by atoms with Gasteiger partial charge in [-0.25, -0.2) is 0 Å². The Kier molecular flexibility index (Phi) is 4.94. The molecule has 0 spiro atoms. The highest BCUT2D eigenvalue weighted by Crippen LogP contribution is 2.08. The van der Waals surface area contributed by atoms with Crippen LogP contribution in [-0.4, -0.2) is 24.9 Å². The van der Waals surface area contributed by atoms with Gasteiger partial charge in [-0.1, -0.05) is 37.6 Å². The van der Waals surface area contributed by atoms with Crippen molar-refractivity contribution < 1.29 is 0 Å². The second kappa shape index (κ2) is 4.92. The molecule has 0 unspecified atom stereocenters. The minimum absolute atomic E-state index is 1.42. The summed E-state index contributed by atoms with van der Waals surface area (Å²) in [5, 5.41) is 0. The molecule has 0 fully saturated rings. The van der Waals surface area contributed by atoms with Gasteiger partial charge in [0.15, 0.2) is 8.40 Å². The maximum absolute atomic E-state index is 3.92. The van der Waals surface area contributed by atoms with E-state index >= 15 is 0 Å². The standard InChI is InChI=1S/C10H26N2Si3/c1-9-13(3,4)11-15(7,8)12-14(5,6)10-2/h9-12H,1-2H2,3-8H3. The number of hydrogen-bond donors (Lipinski definition) is 2. The first-order valence-corrected chi connectivity index (χ1v) is 14.5. The van der Waals surface area contributed by atoms with Crippen LogP contribution < -0.4 is 9.30 Å². The quantitative estimate of drug-likeness (QED) is 0.716. The molecule has 0 aromatic rings. The van der Waals surface area contributed by atoms with Gasteiger partial charge in [0.05, 0.1) is 0 Å². The van der Waals surface area contributed by atoms with Crippen LogP contribution in [-0.2, 0) is 0 Å². The summed E-state index contributed by atoms with van der Waals surface area (Å²) in [7, 11) is -4.38. The molecule has 0 bridgehead atoms. The minimum Gasteiger partial charge on any atom is -0.345 e. The molecule has 0 saturated heterocycles. The van der Waals surface area contributed by atoms with E-state index in [1.54, 1.807) is 0 Å². The third-order valence-corrected chi connectivity index (χ3v) is 14.5. The van der Waals surface area contributed by atoms with E-state index in [2.05, 4.69) is 73.1 Å². The fourth-order valence-corrected chi connectivity index (χ4v) is 16.3. The van der Waals surface area contributed by atoms with Crippen molar-refractivity contribution >= 4 is 24.9 Å². The third kappa shape index (κ3) is 6.26. The van der Waals surface area contributed by atoms with Crippen molar-refractivity contribution in [3.8, 4) is 0 Å². The summed E-state index contributed by atoms with van der Waals surface area (Å²) < 4.78 is 7.62. The normalized spacial score (nSPS) is 13.7. The van der Waals surface area contributed by atoms with Crippen LogP contribution in [0.4, 0.5) is 0 Å². The van der Waals surface area contributed by atoms with Gasteiger partial charge in [0.1, 0.15) is 16.5 Å². The van der Waals surface area contributed by atoms with E-state index in [9.17, 15) is 0 Å². The van der Waals surface area contributed by atoms with Crippen molar-refractivity contribution in [1.29, 1.82) is 0 Å². The van der Waals surface area contributed by atoms with Gasteiger partial charge in [0.2, 0.25) is 0 Å². The zero-order valence-corrected chi connectivity index (χ0v) is 14.1. The van der Waals surface area contributed by atoms with Gasteiger partial charge >= 0.3 is 0 Å². The lowest BCUT2D eigenvalue weighted by Crippen LogP contribution is -2.71. The van der Waals surface area contributed by atoms with E-state index in [4.69, 9.17) is 0 Å². The smallest absolute Gasteiger partial charge is 0.182 e. The molecule has 0 rings (SSSR count). The molecular formula is C10H26N2Si3. The Balaban J connectivity index is 4.56. The molecule has 0 heterocycles. The lowest BCUT2D eigenvalue weighted by atomic mass is 11.3. The van der Waals surface area contributed by atoms with Crippen LogP contribution in [0, 0.1) is 0 Å². The van der Waals surface area contributed by atoms with Crippen LogP contribution in [0.2, 0.25) is 39.3 Å². The molecule has 5 heteroatoms. The van der Waals surface area contributed by atoms with Gasteiger partial charge in [0.25, 0.3) is 0 Å². The Morgan fingerprint density at radius 3 is 1.20 bits per heavy atom. The maximum Gasteiger partial charge on any atom is 0.182 e. The fraction of sp³-hybridized carbons (Fsp3) is 0.600. The van der Waals surface area contributed by atoms with Gasteiger partial charge in [-0.15, -0.1) is 13.2 Å². The zero-order chi connectivity index (χ0) is 12.3. The molecule has 0 aliphatic rings. The topological polar surface area (TPSA) is 24.1 Å². The Hall–Kier alpha value is 0.0506. The van der Waals surface area contributed by atoms with E-state index in [0.29, 0.717) is 0 Å². The molecule has 0 saturated carbocycles. The molecule has 0 aromatic heterocycles. The van der Waals surface area contributed by atoms with Gasteiger partial charge < -0.3 is 9.30 Å². The largest absolute Gasteiger partial charge is 0.345 e. The maximum atomic E-state index is 3.92. The fourth-order valence-electron chi connectivity index (χ4n) is 1.74. The number of nitrogens with one attached hydrogen (secondary N) is 2. The summed E-state index contributed by atoms with van der Waals surface area (Å²) in [5.41, 5.74) is 4.21. The lowest BCUT2D eigenvalue weighted by molar-refractivity contribution is 1.19. The highest BCUT2D eigenvalue weighted by molar-refractivity contribution is 6.99. The Labute approximate surface area is 98.2 Å². The zero-order valence-electron chi connectivity index (χ0n) is 11.1. The van der Waals surface area contributed by atoms with Crippen molar-refractivity contribution in [3.05, 3.63) is 24.6 Å². The van der Waals surface area contributed by atoms with Crippen LogP contribution in [0.3, 0.4) is 0 Å². The molecular weight excluding hydrogens is 232 g/mol. The van der Waals surface area contributed by atoms with E-state index < -0.39 is 24.9 Å². The summed E-state index contributed by atoms with van der Waals surface area (Å²) in [5.74, 6) is 0. The van der Waals surface area contributed by atoms with Crippen LogP contribution in [0.5, 0.6) is 0 Å². The van der Waals surface area contributed by atoms with E-state index in [-0.39, 0.29) is 0 Å². The predicted molar refractivity (Wildman–Crippen MR) is 79.1 cm³/mol. The van der Waals surface area contributed by atoms with Gasteiger partial charge in [-0.2, -0.15) is 0 Å². The average molecular weight is 259 g/mol. The van der Waals surface area contributed by atoms with E-state index in [1.165, 1.54) is 0 Å². The highest BCUT2D eigenvalue weighted by atomic mass is 28.4. The molecule has 2 N–H and O–H groups in total. The first kappa shape index (κ1) is 15.1. The van der Waals surface area contributed by atoms with Crippen molar-refractivity contribution in [2.75, 3.05) is 0 Å². The van der Waals surface area contributed by atoms with Crippen molar-refractivity contribution in [2.24, 2.45) is 0 Å². The SMILES string of the molecule is C=C[Si](C)(C)N[Si](C)(C)N[Si](C)(C)C=C. The Bertz CT molecular complexity index is 223. The minimum atomic E-state index is -1.54. The number of hydrogen-bond acceptors (Lipinski definition) is 2. The molecule has 15 heavy (non-hydrogen) atoms. The number of rotatable bonds is 6. The average Bonchev–Trinajstić information content (AvgIpc) is 2.00. The Morgan fingerprint density at radius 2 is 1.00 bits per heavy atom. The summed E-state index contributed by atoms with van der Waals surface area (Å²) in [4.78, 5) is 0. The van der Waals surface area contributed by atoms with Gasteiger partial charge in [-0.05, 0) is 13.1 Å². The van der Waals surface area contributed by atoms with E-state index in [0.717, 1.165) is 0 Å². The summed E-state index contributed by atoms with van der Waals surface area (Å²) >= 11 is 0. The second-order valence-electron chi connectivity index (χ2n) is 5.73. The molecule has 0 aromatic carbocycles. The van der Waals surface area contributed by atoms with Crippen LogP contribution in [0.25, 0.3) is 0 Å². The van der Waals surface area contributed by atoms with Crippen LogP contribution in [0.15, 0.2) is 24.6 Å². The van der Waals surface area contributed by atoms with Crippen LogP contribution >= 0.6 is 0 Å². The first-order chi connectivity index (χ1) is 6.54. The predicted octanol–water partition coefficient (Wildman–Crippen LogP) is 2.73. The molecule has 0 radical (unpaired) electrons. The summed E-state index contributed by atoms with van der Waals surface area (Å²) in [6, 6.07) is 0. The molecule has 0 aliphatic carbocycles. The van der Waals surface area contributed by atoms with Gasteiger partial charge in [0, 0.05) is 0 Å². The van der Waals surface area contributed by atoms with Gasteiger partial charge in [-0.3, -0.25) is 0 Å².